The van der Waals surface area contributed by atoms with Crippen molar-refractivity contribution in [1.29, 1.82) is 0 Å². The molecule has 1 N–H and O–H groups in total. The van der Waals surface area contributed by atoms with Crippen LogP contribution in [0.1, 0.15) is 5.56 Å². The molecule has 3 nitrogen and oxygen atoms in total. The zero-order valence-corrected chi connectivity index (χ0v) is 14.1. The van der Waals surface area contributed by atoms with Crippen molar-refractivity contribution in [3.63, 3.8) is 0 Å². The number of hydrogen-bond acceptors (Lipinski definition) is 3. The van der Waals surface area contributed by atoms with Gasteiger partial charge in [-0.1, -0.05) is 53.5 Å². The highest BCUT2D eigenvalue weighted by atomic mass is 35.5. The summed E-state index contributed by atoms with van der Waals surface area (Å²) in [6.45, 7) is 0.301. The van der Waals surface area contributed by atoms with Crippen LogP contribution in [-0.2, 0) is 6.61 Å². The molecule has 0 atom stereocenters. The molecule has 0 saturated heterocycles. The van der Waals surface area contributed by atoms with E-state index in [2.05, 4.69) is 0 Å². The molecule has 0 aromatic heterocycles. The Bertz CT molecular complexity index is 795. The molecule has 3 rings (SSSR count). The van der Waals surface area contributed by atoms with Gasteiger partial charge in [0, 0.05) is 12.1 Å². The van der Waals surface area contributed by atoms with E-state index in [1.54, 1.807) is 0 Å². The van der Waals surface area contributed by atoms with E-state index in [-0.39, 0.29) is 15.8 Å². The van der Waals surface area contributed by atoms with Gasteiger partial charge in [-0.2, -0.15) is 0 Å². The van der Waals surface area contributed by atoms with Gasteiger partial charge < -0.3 is 14.6 Å². The van der Waals surface area contributed by atoms with Crippen molar-refractivity contribution in [2.24, 2.45) is 0 Å². The van der Waals surface area contributed by atoms with Crippen LogP contribution >= 0.6 is 23.2 Å². The Morgan fingerprint density at radius 1 is 0.792 bits per heavy atom. The summed E-state index contributed by atoms with van der Waals surface area (Å²) in [6, 6.07) is 19.9. The molecule has 0 aliphatic heterocycles. The van der Waals surface area contributed by atoms with Crippen LogP contribution in [0.3, 0.4) is 0 Å². The number of benzene rings is 3. The summed E-state index contributed by atoms with van der Waals surface area (Å²) in [5, 5.41) is 9.95. The number of aromatic hydroxyl groups is 1. The van der Waals surface area contributed by atoms with Gasteiger partial charge in [-0.25, -0.2) is 0 Å². The second-order valence-corrected chi connectivity index (χ2v) is 5.90. The molecule has 0 radical (unpaired) electrons. The summed E-state index contributed by atoms with van der Waals surface area (Å²) in [5.41, 5.74) is 0.940. The average Bonchev–Trinajstić information content (AvgIpc) is 2.56. The minimum absolute atomic E-state index is 0.000219. The number of ether oxygens (including phenoxy) is 2. The van der Waals surface area contributed by atoms with E-state index in [0.29, 0.717) is 12.4 Å². The third-order valence-electron chi connectivity index (χ3n) is 3.27. The van der Waals surface area contributed by atoms with Crippen molar-refractivity contribution in [2.45, 2.75) is 6.61 Å². The van der Waals surface area contributed by atoms with Gasteiger partial charge in [-0.05, 0) is 29.8 Å². The number of phenolic OH excluding ortho intramolecular Hbond substituents is 1. The minimum atomic E-state index is -0.000219. The first-order chi connectivity index (χ1) is 11.6. The quantitative estimate of drug-likeness (QED) is 0.599. The lowest BCUT2D eigenvalue weighted by molar-refractivity contribution is 0.306. The van der Waals surface area contributed by atoms with Crippen molar-refractivity contribution in [3.05, 3.63) is 82.3 Å². The predicted molar refractivity (Wildman–Crippen MR) is 95.4 cm³/mol. The number of rotatable bonds is 5. The maximum Gasteiger partial charge on any atom is 0.157 e. The Balaban J connectivity index is 1.65. The lowest BCUT2D eigenvalue weighted by Gasteiger charge is -2.11. The lowest BCUT2D eigenvalue weighted by atomic mass is 10.2. The van der Waals surface area contributed by atoms with Gasteiger partial charge in [0.05, 0.1) is 10.0 Å². The largest absolute Gasteiger partial charge is 0.508 e. The third-order valence-corrected chi connectivity index (χ3v) is 3.83. The van der Waals surface area contributed by atoms with Crippen LogP contribution in [0.2, 0.25) is 10.0 Å². The summed E-state index contributed by atoms with van der Waals surface area (Å²) < 4.78 is 11.4. The van der Waals surface area contributed by atoms with Crippen LogP contribution in [0.5, 0.6) is 23.0 Å². The molecule has 0 amide bonds. The van der Waals surface area contributed by atoms with Crippen LogP contribution in [0.25, 0.3) is 0 Å². The Morgan fingerprint density at radius 2 is 1.38 bits per heavy atom. The molecule has 0 aliphatic rings. The van der Waals surface area contributed by atoms with Gasteiger partial charge in [-0.3, -0.25) is 0 Å². The highest BCUT2D eigenvalue weighted by molar-refractivity contribution is 6.37. The molecule has 24 heavy (non-hydrogen) atoms. The highest BCUT2D eigenvalue weighted by Crippen LogP contribution is 2.36. The first-order valence-electron chi connectivity index (χ1n) is 7.24. The van der Waals surface area contributed by atoms with Crippen LogP contribution in [0.4, 0.5) is 0 Å². The Morgan fingerprint density at radius 3 is 2.00 bits per heavy atom. The Kier molecular flexibility index (Phi) is 5.14. The number of phenols is 1. The minimum Gasteiger partial charge on any atom is -0.508 e. The van der Waals surface area contributed by atoms with E-state index in [1.165, 1.54) is 12.1 Å². The van der Waals surface area contributed by atoms with Crippen molar-refractivity contribution in [2.75, 3.05) is 0 Å². The monoisotopic (exact) mass is 360 g/mol. The fourth-order valence-corrected chi connectivity index (χ4v) is 2.70. The van der Waals surface area contributed by atoms with Gasteiger partial charge in [0.15, 0.2) is 5.75 Å². The van der Waals surface area contributed by atoms with Crippen LogP contribution in [-0.4, -0.2) is 5.11 Å². The van der Waals surface area contributed by atoms with Gasteiger partial charge >= 0.3 is 0 Å². The normalized spacial score (nSPS) is 10.4. The maximum absolute atomic E-state index is 9.42. The van der Waals surface area contributed by atoms with Gasteiger partial charge in [-0.15, -0.1) is 0 Å². The SMILES string of the molecule is Oc1cc(Cl)c(OCc2ccc(Oc3ccccc3)cc2)c(Cl)c1. The second-order valence-electron chi connectivity index (χ2n) is 5.09. The average molecular weight is 361 g/mol. The molecule has 0 heterocycles. The van der Waals surface area contributed by atoms with Gasteiger partial charge in [0.25, 0.3) is 0 Å². The molecule has 3 aromatic rings. The molecular weight excluding hydrogens is 347 g/mol. The number of para-hydroxylation sites is 1. The van der Waals surface area contributed by atoms with Crippen molar-refractivity contribution in [1.82, 2.24) is 0 Å². The molecule has 122 valence electrons. The maximum atomic E-state index is 9.42. The zero-order chi connectivity index (χ0) is 16.9. The standard InChI is InChI=1S/C19H14Cl2O3/c20-17-10-14(22)11-18(21)19(17)23-12-13-6-8-16(9-7-13)24-15-4-2-1-3-5-15/h1-11,22H,12H2. The van der Waals surface area contributed by atoms with E-state index in [1.807, 2.05) is 54.6 Å². The molecular formula is C19H14Cl2O3. The highest BCUT2D eigenvalue weighted by Gasteiger charge is 2.10. The van der Waals surface area contributed by atoms with Crippen molar-refractivity contribution < 1.29 is 14.6 Å². The van der Waals surface area contributed by atoms with E-state index in [9.17, 15) is 5.11 Å². The lowest BCUT2D eigenvalue weighted by Crippen LogP contribution is -1.96. The fourth-order valence-electron chi connectivity index (χ4n) is 2.12. The second kappa shape index (κ2) is 7.47. The summed E-state index contributed by atoms with van der Waals surface area (Å²) >= 11 is 12.1. The molecule has 0 spiro atoms. The number of hydrogen-bond donors (Lipinski definition) is 1. The predicted octanol–water partition coefficient (Wildman–Crippen LogP) is 6.07. The first kappa shape index (κ1) is 16.5. The topological polar surface area (TPSA) is 38.7 Å². The fraction of sp³-hybridized carbons (Fsp3) is 0.0526. The molecule has 5 heteroatoms. The molecule has 3 aromatic carbocycles. The van der Waals surface area contributed by atoms with Crippen molar-refractivity contribution >= 4 is 23.2 Å². The van der Waals surface area contributed by atoms with E-state index in [0.717, 1.165) is 17.1 Å². The summed E-state index contributed by atoms with van der Waals surface area (Å²) in [5.74, 6) is 1.87. The molecule has 0 bridgehead atoms. The summed E-state index contributed by atoms with van der Waals surface area (Å²) in [4.78, 5) is 0. The van der Waals surface area contributed by atoms with Gasteiger partial charge in [0.2, 0.25) is 0 Å². The molecule has 0 unspecified atom stereocenters. The summed E-state index contributed by atoms with van der Waals surface area (Å²) in [7, 11) is 0. The van der Waals surface area contributed by atoms with E-state index >= 15 is 0 Å². The van der Waals surface area contributed by atoms with E-state index in [4.69, 9.17) is 32.7 Å². The zero-order valence-electron chi connectivity index (χ0n) is 12.6. The van der Waals surface area contributed by atoms with Crippen molar-refractivity contribution in [3.8, 4) is 23.0 Å². The van der Waals surface area contributed by atoms with Crippen LogP contribution in [0, 0.1) is 0 Å². The Hall–Kier alpha value is -2.36. The van der Waals surface area contributed by atoms with Crippen LogP contribution < -0.4 is 9.47 Å². The van der Waals surface area contributed by atoms with E-state index < -0.39 is 0 Å². The first-order valence-corrected chi connectivity index (χ1v) is 8.00. The molecule has 0 fully saturated rings. The van der Waals surface area contributed by atoms with Gasteiger partial charge in [0.1, 0.15) is 23.9 Å². The Labute approximate surface area is 150 Å². The third kappa shape index (κ3) is 4.13. The molecule has 0 aliphatic carbocycles. The smallest absolute Gasteiger partial charge is 0.157 e. The van der Waals surface area contributed by atoms with Crippen LogP contribution in [0.15, 0.2) is 66.7 Å². The number of halogens is 2. The summed E-state index contributed by atoms with van der Waals surface area (Å²) in [6.07, 6.45) is 0. The molecule has 0 saturated carbocycles.